The predicted octanol–water partition coefficient (Wildman–Crippen LogP) is 5.85. The van der Waals surface area contributed by atoms with Gasteiger partial charge in [-0.3, -0.25) is 4.79 Å². The quantitative estimate of drug-likeness (QED) is 0.399. The molecule has 1 amide bonds. The molecule has 1 unspecified atom stereocenters. The van der Waals surface area contributed by atoms with Crippen LogP contribution in [0.2, 0.25) is 0 Å². The Morgan fingerprint density at radius 3 is 2.42 bits per heavy atom. The molecule has 3 rings (SSSR count). The number of aryl methyl sites for hydroxylation is 1. The van der Waals surface area contributed by atoms with E-state index in [1.807, 2.05) is 67.8 Å². The van der Waals surface area contributed by atoms with Crippen molar-refractivity contribution in [3.8, 4) is 11.1 Å². The number of allylic oxidation sites excluding steroid dienone is 1. The minimum atomic E-state index is -1.02. The predicted molar refractivity (Wildman–Crippen MR) is 138 cm³/mol. The first kappa shape index (κ1) is 24.3. The molecule has 0 saturated carbocycles. The first-order valence-corrected chi connectivity index (χ1v) is 12.3. The topological polar surface area (TPSA) is 66.4 Å². The number of thioether (sulfide) groups is 1. The van der Waals surface area contributed by atoms with Gasteiger partial charge in [-0.2, -0.15) is 11.8 Å². The largest absolute Gasteiger partial charge is 0.480 e. The molecular weight excluding hydrogens is 430 g/mol. The number of carbonyl (C=O) groups is 2. The van der Waals surface area contributed by atoms with E-state index in [0.29, 0.717) is 17.7 Å². The van der Waals surface area contributed by atoms with Crippen LogP contribution in [0.3, 0.4) is 0 Å². The summed E-state index contributed by atoms with van der Waals surface area (Å²) in [5.41, 5.74) is 5.49. The van der Waals surface area contributed by atoms with E-state index in [0.717, 1.165) is 28.7 Å². The molecule has 3 aromatic carbocycles. The van der Waals surface area contributed by atoms with E-state index in [1.54, 1.807) is 17.8 Å². The third kappa shape index (κ3) is 6.83. The van der Waals surface area contributed by atoms with E-state index in [9.17, 15) is 14.7 Å². The molecule has 0 aliphatic carbocycles. The van der Waals surface area contributed by atoms with Crippen LogP contribution in [0.15, 0.2) is 78.9 Å². The summed E-state index contributed by atoms with van der Waals surface area (Å²) in [4.78, 5) is 24.8. The molecule has 0 aliphatic heterocycles. The molecule has 0 aromatic heterocycles. The van der Waals surface area contributed by atoms with E-state index in [2.05, 4.69) is 29.6 Å². The van der Waals surface area contributed by atoms with Crippen molar-refractivity contribution in [2.45, 2.75) is 25.8 Å². The van der Waals surface area contributed by atoms with Gasteiger partial charge in [0.25, 0.3) is 5.91 Å². The van der Waals surface area contributed by atoms with Crippen molar-refractivity contribution in [2.75, 3.05) is 12.0 Å². The molecule has 5 heteroatoms. The molecule has 0 fully saturated rings. The molecule has 2 N–H and O–H groups in total. The Balaban J connectivity index is 1.91. The smallest absolute Gasteiger partial charge is 0.326 e. The summed E-state index contributed by atoms with van der Waals surface area (Å²) in [6.07, 6.45) is 7.27. The molecule has 170 valence electrons. The highest BCUT2D eigenvalue weighted by Crippen LogP contribution is 2.29. The number of aliphatic carboxylic acids is 1. The van der Waals surface area contributed by atoms with Crippen molar-refractivity contribution in [3.05, 3.63) is 101 Å². The second-order valence-corrected chi connectivity index (χ2v) is 8.84. The lowest BCUT2D eigenvalue weighted by Gasteiger charge is -2.17. The number of nitrogens with one attached hydrogen (secondary N) is 1. The molecule has 1 atom stereocenters. The number of carboxylic acid groups (broad SMARTS) is 1. The Morgan fingerprint density at radius 2 is 1.73 bits per heavy atom. The minimum absolute atomic E-state index is 0.374. The number of benzene rings is 3. The zero-order valence-corrected chi connectivity index (χ0v) is 19.8. The molecule has 0 radical (unpaired) electrons. The number of amides is 1. The van der Waals surface area contributed by atoms with E-state index < -0.39 is 12.0 Å². The first-order valence-electron chi connectivity index (χ1n) is 10.9. The normalized spacial score (nSPS) is 11.9. The summed E-state index contributed by atoms with van der Waals surface area (Å²) in [7, 11) is 0. The van der Waals surface area contributed by atoms with Crippen LogP contribution in [0.5, 0.6) is 0 Å². The summed E-state index contributed by atoms with van der Waals surface area (Å²) < 4.78 is 0. The average molecular weight is 460 g/mol. The second-order valence-electron chi connectivity index (χ2n) is 7.86. The van der Waals surface area contributed by atoms with Gasteiger partial charge in [0.05, 0.1) is 0 Å². The second kappa shape index (κ2) is 12.1. The van der Waals surface area contributed by atoms with Crippen molar-refractivity contribution in [1.29, 1.82) is 0 Å². The summed E-state index contributed by atoms with van der Waals surface area (Å²) in [6.45, 7) is 2.01. The van der Waals surface area contributed by atoms with Gasteiger partial charge in [0.15, 0.2) is 0 Å². The fourth-order valence-electron chi connectivity index (χ4n) is 3.64. The third-order valence-electron chi connectivity index (χ3n) is 5.44. The molecule has 0 saturated heterocycles. The average Bonchev–Trinajstić information content (AvgIpc) is 2.82. The lowest BCUT2D eigenvalue weighted by molar-refractivity contribution is -0.139. The van der Waals surface area contributed by atoms with E-state index >= 15 is 0 Å². The SMILES string of the molecule is CSCCC(NC(=O)c1ccc(C=CCc2ccccc2)cc1-c1ccccc1C)C(=O)O. The zero-order valence-electron chi connectivity index (χ0n) is 19.0. The molecule has 33 heavy (non-hydrogen) atoms. The van der Waals surface area contributed by atoms with Gasteiger partial charge >= 0.3 is 5.97 Å². The Morgan fingerprint density at radius 1 is 1.00 bits per heavy atom. The van der Waals surface area contributed by atoms with E-state index in [1.165, 1.54) is 5.56 Å². The monoisotopic (exact) mass is 459 g/mol. The van der Waals surface area contributed by atoms with Crippen LogP contribution in [0.25, 0.3) is 17.2 Å². The Kier molecular flexibility index (Phi) is 8.90. The van der Waals surface area contributed by atoms with Gasteiger partial charge in [0, 0.05) is 5.56 Å². The van der Waals surface area contributed by atoms with Gasteiger partial charge in [-0.1, -0.05) is 72.8 Å². The van der Waals surface area contributed by atoms with E-state index in [4.69, 9.17) is 0 Å². The van der Waals surface area contributed by atoms with Crippen LogP contribution in [-0.4, -0.2) is 35.0 Å². The number of rotatable bonds is 10. The summed E-state index contributed by atoms with van der Waals surface area (Å²) in [5.74, 6) is -0.732. The number of hydrogen-bond donors (Lipinski definition) is 2. The fraction of sp³-hybridized carbons (Fsp3) is 0.214. The molecule has 0 heterocycles. The van der Waals surface area contributed by atoms with Crippen molar-refractivity contribution >= 4 is 29.7 Å². The van der Waals surface area contributed by atoms with Crippen LogP contribution in [-0.2, 0) is 11.2 Å². The lowest BCUT2D eigenvalue weighted by Crippen LogP contribution is -2.41. The molecule has 0 spiro atoms. The summed E-state index contributed by atoms with van der Waals surface area (Å²) in [5, 5.41) is 12.2. The highest BCUT2D eigenvalue weighted by molar-refractivity contribution is 7.98. The Labute approximate surface area is 199 Å². The summed E-state index contributed by atoms with van der Waals surface area (Å²) >= 11 is 1.56. The lowest BCUT2D eigenvalue weighted by atomic mass is 9.93. The molecule has 4 nitrogen and oxygen atoms in total. The van der Waals surface area contributed by atoms with Gasteiger partial charge in [-0.25, -0.2) is 4.79 Å². The van der Waals surface area contributed by atoms with Crippen LogP contribution < -0.4 is 5.32 Å². The van der Waals surface area contributed by atoms with Crippen LogP contribution in [0, 0.1) is 6.92 Å². The van der Waals surface area contributed by atoms with Gasteiger partial charge in [0.2, 0.25) is 0 Å². The third-order valence-corrected chi connectivity index (χ3v) is 6.09. The van der Waals surface area contributed by atoms with Crippen molar-refractivity contribution in [1.82, 2.24) is 5.32 Å². The summed E-state index contributed by atoms with van der Waals surface area (Å²) in [6, 6.07) is 22.9. The zero-order chi connectivity index (χ0) is 23.6. The van der Waals surface area contributed by atoms with Crippen molar-refractivity contribution < 1.29 is 14.7 Å². The highest BCUT2D eigenvalue weighted by atomic mass is 32.2. The fourth-order valence-corrected chi connectivity index (χ4v) is 4.11. The number of hydrogen-bond acceptors (Lipinski definition) is 3. The highest BCUT2D eigenvalue weighted by Gasteiger charge is 2.22. The maximum Gasteiger partial charge on any atom is 0.326 e. The standard InChI is InChI=1S/C28H29NO3S/c1-20-9-6-7-14-23(20)25-19-22(13-8-12-21-10-4-3-5-11-21)15-16-24(25)27(30)29-26(28(31)32)17-18-33-2/h3-11,13-16,19,26H,12,17-18H2,1-2H3,(H,29,30)(H,31,32). The van der Waals surface area contributed by atoms with Crippen LogP contribution >= 0.6 is 11.8 Å². The van der Waals surface area contributed by atoms with Crippen molar-refractivity contribution in [3.63, 3.8) is 0 Å². The molecule has 3 aromatic rings. The number of carbonyl (C=O) groups excluding carboxylic acids is 1. The van der Waals surface area contributed by atoms with E-state index in [-0.39, 0.29) is 5.91 Å². The number of carboxylic acids is 1. The van der Waals surface area contributed by atoms with Gasteiger partial charge in [-0.15, -0.1) is 0 Å². The van der Waals surface area contributed by atoms with Gasteiger partial charge < -0.3 is 10.4 Å². The maximum absolute atomic E-state index is 13.1. The van der Waals surface area contributed by atoms with Crippen molar-refractivity contribution in [2.24, 2.45) is 0 Å². The van der Waals surface area contributed by atoms with Gasteiger partial charge in [-0.05, 0) is 71.7 Å². The molecular formula is C28H29NO3S. The first-order chi connectivity index (χ1) is 16.0. The van der Waals surface area contributed by atoms with Crippen LogP contribution in [0.4, 0.5) is 0 Å². The minimum Gasteiger partial charge on any atom is -0.480 e. The maximum atomic E-state index is 13.1. The Bertz CT molecular complexity index is 1120. The molecule has 0 bridgehead atoms. The van der Waals surface area contributed by atoms with Gasteiger partial charge in [0.1, 0.15) is 6.04 Å². The van der Waals surface area contributed by atoms with Crippen LogP contribution in [0.1, 0.15) is 33.5 Å². The Hall–Kier alpha value is -3.31. The molecule has 0 aliphatic rings.